The third kappa shape index (κ3) is 16.7. The molecule has 0 aromatic rings. The predicted octanol–water partition coefficient (Wildman–Crippen LogP) is 1.90. The van der Waals surface area contributed by atoms with E-state index in [0.717, 1.165) is 25.9 Å². The van der Waals surface area contributed by atoms with Crippen LogP contribution in [0.3, 0.4) is 0 Å². The van der Waals surface area contributed by atoms with Gasteiger partial charge in [-0.1, -0.05) is 27.2 Å². The van der Waals surface area contributed by atoms with Gasteiger partial charge in [-0.05, 0) is 20.5 Å². The Labute approximate surface area is 127 Å². The molecule has 0 bridgehead atoms. The van der Waals surface area contributed by atoms with E-state index in [4.69, 9.17) is 10.00 Å². The van der Waals surface area contributed by atoms with Crippen molar-refractivity contribution >= 4 is 5.96 Å². The molecular weight excluding hydrogens is 254 g/mol. The highest BCUT2D eigenvalue weighted by Gasteiger charge is 1.96. The quantitative estimate of drug-likeness (QED) is 0.223. The van der Waals surface area contributed by atoms with Crippen molar-refractivity contribution in [3.05, 3.63) is 0 Å². The van der Waals surface area contributed by atoms with Gasteiger partial charge in [0.1, 0.15) is 0 Å². The number of rotatable bonds is 9. The van der Waals surface area contributed by atoms with E-state index in [1.807, 2.05) is 34.1 Å². The molecule has 0 radical (unpaired) electrons. The molecule has 20 heavy (non-hydrogen) atoms. The number of hydrogen-bond acceptors (Lipinski definition) is 4. The van der Waals surface area contributed by atoms with Crippen LogP contribution in [0.5, 0.6) is 0 Å². The van der Waals surface area contributed by atoms with E-state index in [9.17, 15) is 0 Å². The summed E-state index contributed by atoms with van der Waals surface area (Å²) in [6.45, 7) is 9.71. The zero-order valence-corrected chi connectivity index (χ0v) is 13.7. The SMILES string of the molecule is CC.CCCCN=C(NC#N)NCCOCCN(C)C.[HH].[HH]. The van der Waals surface area contributed by atoms with Crippen LogP contribution in [0, 0.1) is 11.5 Å². The molecule has 2 N–H and O–H groups in total. The summed E-state index contributed by atoms with van der Waals surface area (Å²) >= 11 is 0. The molecule has 0 atom stereocenters. The number of aliphatic imine (C=N–C) groups is 1. The average molecular weight is 289 g/mol. The van der Waals surface area contributed by atoms with Crippen molar-refractivity contribution in [1.29, 1.82) is 5.26 Å². The molecule has 6 heteroatoms. The second-order valence-corrected chi connectivity index (χ2v) is 4.16. The van der Waals surface area contributed by atoms with Crippen LogP contribution in [-0.4, -0.2) is 57.8 Å². The van der Waals surface area contributed by atoms with Gasteiger partial charge in [0.15, 0.2) is 6.19 Å². The summed E-state index contributed by atoms with van der Waals surface area (Å²) in [5.41, 5.74) is 0. The number of guanidine groups is 1. The van der Waals surface area contributed by atoms with Crippen molar-refractivity contribution in [3.8, 4) is 6.19 Å². The first-order valence-corrected chi connectivity index (χ1v) is 7.36. The minimum Gasteiger partial charge on any atom is -0.378 e. The zero-order chi connectivity index (χ0) is 15.6. The van der Waals surface area contributed by atoms with Crippen molar-refractivity contribution in [3.63, 3.8) is 0 Å². The number of ether oxygens (including phenoxy) is 1. The minimum absolute atomic E-state index is 0. The van der Waals surface area contributed by atoms with Crippen LogP contribution in [0.15, 0.2) is 4.99 Å². The fraction of sp³-hybridized carbons (Fsp3) is 0.857. The first-order valence-electron chi connectivity index (χ1n) is 7.36. The largest absolute Gasteiger partial charge is 0.378 e. The molecule has 0 fully saturated rings. The summed E-state index contributed by atoms with van der Waals surface area (Å²) in [4.78, 5) is 6.33. The Morgan fingerprint density at radius 2 is 2.05 bits per heavy atom. The summed E-state index contributed by atoms with van der Waals surface area (Å²) in [5.74, 6) is 0.530. The number of hydrogen-bond donors (Lipinski definition) is 2. The summed E-state index contributed by atoms with van der Waals surface area (Å²) in [6, 6.07) is 0. The van der Waals surface area contributed by atoms with E-state index >= 15 is 0 Å². The monoisotopic (exact) mass is 289 g/mol. The molecule has 0 rings (SSSR count). The lowest BCUT2D eigenvalue weighted by molar-refractivity contribution is 0.122. The molecule has 0 heterocycles. The number of nitriles is 1. The molecule has 0 aliphatic rings. The van der Waals surface area contributed by atoms with Crippen molar-refractivity contribution in [2.75, 3.05) is 46.9 Å². The maximum atomic E-state index is 8.58. The van der Waals surface area contributed by atoms with Gasteiger partial charge in [0.25, 0.3) is 0 Å². The first kappa shape index (κ1) is 21.0. The maximum absolute atomic E-state index is 8.58. The minimum atomic E-state index is 0. The van der Waals surface area contributed by atoms with Crippen LogP contribution in [0.2, 0.25) is 0 Å². The average Bonchev–Trinajstić information content (AvgIpc) is 2.44. The number of likely N-dealkylation sites (N-methyl/N-ethyl adjacent to an activating group) is 1. The summed E-state index contributed by atoms with van der Waals surface area (Å²) in [5, 5.41) is 14.2. The van der Waals surface area contributed by atoms with E-state index in [1.165, 1.54) is 0 Å². The van der Waals surface area contributed by atoms with Crippen LogP contribution in [0.25, 0.3) is 0 Å². The van der Waals surface area contributed by atoms with E-state index in [1.54, 1.807) is 0 Å². The zero-order valence-electron chi connectivity index (χ0n) is 13.7. The van der Waals surface area contributed by atoms with Gasteiger partial charge in [-0.15, -0.1) is 0 Å². The molecule has 0 saturated carbocycles. The second kappa shape index (κ2) is 17.7. The number of unbranched alkanes of at least 4 members (excludes halogenated alkanes) is 1. The van der Waals surface area contributed by atoms with E-state index < -0.39 is 0 Å². The highest BCUT2D eigenvalue weighted by molar-refractivity contribution is 5.81. The van der Waals surface area contributed by atoms with Gasteiger partial charge < -0.3 is 15.0 Å². The van der Waals surface area contributed by atoms with Crippen LogP contribution in [-0.2, 0) is 4.74 Å². The molecule has 0 amide bonds. The van der Waals surface area contributed by atoms with Crippen molar-refractivity contribution in [2.24, 2.45) is 4.99 Å². The Morgan fingerprint density at radius 3 is 2.60 bits per heavy atom. The highest BCUT2D eigenvalue weighted by atomic mass is 16.5. The second-order valence-electron chi connectivity index (χ2n) is 4.16. The number of nitrogens with one attached hydrogen (secondary N) is 2. The van der Waals surface area contributed by atoms with E-state index in [0.29, 0.717) is 25.7 Å². The van der Waals surface area contributed by atoms with Gasteiger partial charge in [0, 0.05) is 22.5 Å². The Kier molecular flexibility index (Phi) is 18.6. The Bertz CT molecular complexity index is 270. The summed E-state index contributed by atoms with van der Waals surface area (Å²) in [7, 11) is 4.02. The molecule has 0 saturated heterocycles. The summed E-state index contributed by atoms with van der Waals surface area (Å²) < 4.78 is 5.43. The molecule has 6 nitrogen and oxygen atoms in total. The summed E-state index contributed by atoms with van der Waals surface area (Å²) in [6.07, 6.45) is 3.99. The van der Waals surface area contributed by atoms with E-state index in [-0.39, 0.29) is 2.85 Å². The predicted molar refractivity (Wildman–Crippen MR) is 88.9 cm³/mol. The molecule has 0 unspecified atom stereocenters. The van der Waals surface area contributed by atoms with Gasteiger partial charge in [-0.25, -0.2) is 0 Å². The van der Waals surface area contributed by atoms with Gasteiger partial charge >= 0.3 is 0 Å². The smallest absolute Gasteiger partial charge is 0.204 e. The van der Waals surface area contributed by atoms with Gasteiger partial charge in [0.05, 0.1) is 13.2 Å². The van der Waals surface area contributed by atoms with Crippen LogP contribution < -0.4 is 10.6 Å². The number of nitrogens with zero attached hydrogens (tertiary/aromatic N) is 3. The van der Waals surface area contributed by atoms with Crippen molar-refractivity contribution in [1.82, 2.24) is 15.5 Å². The molecular formula is C14H35N5O. The maximum Gasteiger partial charge on any atom is 0.204 e. The standard InChI is InChI=1S/C12H25N5O.C2H6.2H2/c1-4-5-6-14-12(16-11-13)15-7-9-18-10-8-17(2)3;1-2;;/h4-10H2,1-3H3,(H2,14,15,16);1-2H3;2*1H. The molecule has 0 aromatic carbocycles. The molecule has 0 aliphatic heterocycles. The lowest BCUT2D eigenvalue weighted by Gasteiger charge is -2.11. The topological polar surface area (TPSA) is 72.7 Å². The van der Waals surface area contributed by atoms with E-state index in [2.05, 4.69) is 27.4 Å². The van der Waals surface area contributed by atoms with Crippen LogP contribution in [0.4, 0.5) is 0 Å². The van der Waals surface area contributed by atoms with Crippen LogP contribution >= 0.6 is 0 Å². The van der Waals surface area contributed by atoms with Gasteiger partial charge in [-0.3, -0.25) is 10.3 Å². The fourth-order valence-electron chi connectivity index (χ4n) is 1.13. The Morgan fingerprint density at radius 1 is 1.35 bits per heavy atom. The third-order valence-electron chi connectivity index (χ3n) is 2.18. The van der Waals surface area contributed by atoms with Gasteiger partial charge in [0.2, 0.25) is 5.96 Å². The van der Waals surface area contributed by atoms with Crippen LogP contribution in [0.1, 0.15) is 36.5 Å². The van der Waals surface area contributed by atoms with Crippen molar-refractivity contribution in [2.45, 2.75) is 33.6 Å². The first-order chi connectivity index (χ1) is 9.70. The lowest BCUT2D eigenvalue weighted by atomic mass is 10.3. The Balaban J connectivity index is -0.000000387. The Hall–Kier alpha value is -1.32. The molecule has 0 aromatic heterocycles. The molecule has 0 aliphatic carbocycles. The lowest BCUT2D eigenvalue weighted by Crippen LogP contribution is -2.37. The molecule has 122 valence electrons. The fourth-order valence-corrected chi connectivity index (χ4v) is 1.13. The van der Waals surface area contributed by atoms with Crippen molar-refractivity contribution < 1.29 is 7.59 Å². The van der Waals surface area contributed by atoms with Gasteiger partial charge in [-0.2, -0.15) is 5.26 Å². The molecule has 0 spiro atoms. The third-order valence-corrected chi connectivity index (χ3v) is 2.18. The highest BCUT2D eigenvalue weighted by Crippen LogP contribution is 1.86. The normalized spacial score (nSPS) is 10.6.